The van der Waals surface area contributed by atoms with E-state index in [0.29, 0.717) is 0 Å². The fourth-order valence-corrected chi connectivity index (χ4v) is 2.77. The van der Waals surface area contributed by atoms with Gasteiger partial charge >= 0.3 is 0 Å². The quantitative estimate of drug-likeness (QED) is 0.757. The summed E-state index contributed by atoms with van der Waals surface area (Å²) >= 11 is 0. The van der Waals surface area contributed by atoms with Crippen molar-refractivity contribution in [1.29, 1.82) is 0 Å². The lowest BCUT2D eigenvalue weighted by atomic mass is 9.96. The van der Waals surface area contributed by atoms with Gasteiger partial charge in [0.25, 0.3) is 0 Å². The fraction of sp³-hybridized carbons (Fsp3) is 0.571. The van der Waals surface area contributed by atoms with E-state index in [9.17, 15) is 0 Å². The van der Waals surface area contributed by atoms with Gasteiger partial charge in [0.15, 0.2) is 6.29 Å². The molecule has 2 aliphatic rings. The van der Waals surface area contributed by atoms with E-state index in [0.717, 1.165) is 19.1 Å². The Labute approximate surface area is 96.6 Å². The van der Waals surface area contributed by atoms with Crippen molar-refractivity contribution in [3.63, 3.8) is 0 Å². The Bertz CT molecular complexity index is 318. The van der Waals surface area contributed by atoms with Crippen molar-refractivity contribution in [2.24, 2.45) is 0 Å². The maximum Gasteiger partial charge on any atom is 0.184 e. The Balaban J connectivity index is 1.81. The average molecular weight is 218 g/mol. The van der Waals surface area contributed by atoms with Gasteiger partial charge in [-0.05, 0) is 24.3 Å². The van der Waals surface area contributed by atoms with Crippen molar-refractivity contribution in [2.75, 3.05) is 13.2 Å². The maximum absolute atomic E-state index is 5.53. The van der Waals surface area contributed by atoms with Crippen LogP contribution >= 0.6 is 0 Å². The van der Waals surface area contributed by atoms with Gasteiger partial charge in [0, 0.05) is 5.56 Å². The third-order valence-corrected chi connectivity index (χ3v) is 3.63. The van der Waals surface area contributed by atoms with Crippen LogP contribution in [-0.4, -0.2) is 13.2 Å². The lowest BCUT2D eigenvalue weighted by Crippen LogP contribution is -2.00. The summed E-state index contributed by atoms with van der Waals surface area (Å²) in [5, 5.41) is 0. The van der Waals surface area contributed by atoms with E-state index in [2.05, 4.69) is 24.3 Å². The lowest BCUT2D eigenvalue weighted by molar-refractivity contribution is -0.0441. The predicted molar refractivity (Wildman–Crippen MR) is 62.3 cm³/mol. The molecule has 86 valence electrons. The van der Waals surface area contributed by atoms with Gasteiger partial charge in [0.2, 0.25) is 0 Å². The highest BCUT2D eigenvalue weighted by Crippen LogP contribution is 2.35. The van der Waals surface area contributed by atoms with Crippen molar-refractivity contribution in [3.05, 3.63) is 35.4 Å². The Morgan fingerprint density at radius 1 is 0.938 bits per heavy atom. The zero-order chi connectivity index (χ0) is 10.8. The molecule has 0 aromatic heterocycles. The molecule has 16 heavy (non-hydrogen) atoms. The summed E-state index contributed by atoms with van der Waals surface area (Å²) in [4.78, 5) is 0. The molecule has 1 aromatic rings. The van der Waals surface area contributed by atoms with Crippen LogP contribution in [0, 0.1) is 0 Å². The standard InChI is InChI=1S/C14H18O2/c1-2-5-11(4-1)12-6-3-7-13(10-12)14-15-8-9-16-14/h3,6-7,10-11,14H,1-2,4-5,8-9H2. The Kier molecular flexibility index (Phi) is 2.94. The third kappa shape index (κ3) is 2.00. The number of rotatable bonds is 2. The maximum atomic E-state index is 5.53. The molecule has 0 spiro atoms. The minimum absolute atomic E-state index is 0.124. The Morgan fingerprint density at radius 3 is 2.38 bits per heavy atom. The van der Waals surface area contributed by atoms with Crippen LogP contribution in [0.5, 0.6) is 0 Å². The van der Waals surface area contributed by atoms with Crippen molar-refractivity contribution >= 4 is 0 Å². The normalized spacial score (nSPS) is 23.0. The number of hydrogen-bond donors (Lipinski definition) is 0. The van der Waals surface area contributed by atoms with Crippen LogP contribution < -0.4 is 0 Å². The summed E-state index contributed by atoms with van der Waals surface area (Å²) in [5.41, 5.74) is 2.65. The molecule has 0 bridgehead atoms. The van der Waals surface area contributed by atoms with Gasteiger partial charge in [-0.2, -0.15) is 0 Å². The molecule has 1 saturated carbocycles. The molecule has 2 nitrogen and oxygen atoms in total. The molecule has 1 aromatic carbocycles. The van der Waals surface area contributed by atoms with Gasteiger partial charge in [0.1, 0.15) is 0 Å². The largest absolute Gasteiger partial charge is 0.346 e. The zero-order valence-corrected chi connectivity index (χ0v) is 9.52. The van der Waals surface area contributed by atoms with Gasteiger partial charge < -0.3 is 9.47 Å². The van der Waals surface area contributed by atoms with E-state index in [1.165, 1.54) is 36.8 Å². The van der Waals surface area contributed by atoms with E-state index < -0.39 is 0 Å². The van der Waals surface area contributed by atoms with Crippen molar-refractivity contribution in [2.45, 2.75) is 37.9 Å². The molecule has 0 radical (unpaired) electrons. The monoisotopic (exact) mass is 218 g/mol. The second-order valence-corrected chi connectivity index (χ2v) is 4.73. The highest BCUT2D eigenvalue weighted by atomic mass is 16.7. The van der Waals surface area contributed by atoms with E-state index in [1.807, 2.05) is 0 Å². The second kappa shape index (κ2) is 4.56. The molecule has 0 atom stereocenters. The van der Waals surface area contributed by atoms with Gasteiger partial charge in [0.05, 0.1) is 13.2 Å². The highest BCUT2D eigenvalue weighted by Gasteiger charge is 2.21. The number of hydrogen-bond acceptors (Lipinski definition) is 2. The summed E-state index contributed by atoms with van der Waals surface area (Å²) in [5.74, 6) is 0.765. The van der Waals surface area contributed by atoms with Crippen LogP contribution in [0.2, 0.25) is 0 Å². The minimum Gasteiger partial charge on any atom is -0.346 e. The van der Waals surface area contributed by atoms with E-state index in [4.69, 9.17) is 9.47 Å². The Morgan fingerprint density at radius 2 is 1.62 bits per heavy atom. The van der Waals surface area contributed by atoms with Crippen LogP contribution in [0.15, 0.2) is 24.3 Å². The topological polar surface area (TPSA) is 18.5 Å². The molecule has 2 heteroatoms. The highest BCUT2D eigenvalue weighted by molar-refractivity contribution is 5.28. The zero-order valence-electron chi connectivity index (χ0n) is 9.52. The molecule has 0 amide bonds. The molecule has 3 rings (SSSR count). The van der Waals surface area contributed by atoms with Crippen molar-refractivity contribution in [1.82, 2.24) is 0 Å². The van der Waals surface area contributed by atoms with Crippen LogP contribution in [0.25, 0.3) is 0 Å². The first kappa shape index (κ1) is 10.3. The van der Waals surface area contributed by atoms with Gasteiger partial charge in [-0.25, -0.2) is 0 Å². The Hall–Kier alpha value is -0.860. The summed E-state index contributed by atoms with van der Waals surface area (Å²) in [6.45, 7) is 1.44. The number of benzene rings is 1. The van der Waals surface area contributed by atoms with Gasteiger partial charge in [-0.3, -0.25) is 0 Å². The molecule has 1 aliphatic carbocycles. The van der Waals surface area contributed by atoms with Crippen molar-refractivity contribution < 1.29 is 9.47 Å². The fourth-order valence-electron chi connectivity index (χ4n) is 2.77. The van der Waals surface area contributed by atoms with Crippen LogP contribution in [0.3, 0.4) is 0 Å². The molecular formula is C14H18O2. The van der Waals surface area contributed by atoms with E-state index in [1.54, 1.807) is 0 Å². The van der Waals surface area contributed by atoms with Crippen LogP contribution in [0.1, 0.15) is 49.0 Å². The molecule has 0 N–H and O–H groups in total. The summed E-state index contributed by atoms with van der Waals surface area (Å²) < 4.78 is 11.1. The summed E-state index contributed by atoms with van der Waals surface area (Å²) in [6, 6.07) is 8.75. The van der Waals surface area contributed by atoms with Crippen molar-refractivity contribution in [3.8, 4) is 0 Å². The van der Waals surface area contributed by atoms with Gasteiger partial charge in [-0.1, -0.05) is 37.1 Å². The van der Waals surface area contributed by atoms with Crippen LogP contribution in [-0.2, 0) is 9.47 Å². The summed E-state index contributed by atoms with van der Waals surface area (Å²) in [7, 11) is 0. The first-order chi connectivity index (χ1) is 7.93. The van der Waals surface area contributed by atoms with E-state index in [-0.39, 0.29) is 6.29 Å². The SMILES string of the molecule is c1cc(C2CCCC2)cc(C2OCCO2)c1. The minimum atomic E-state index is -0.124. The molecule has 1 heterocycles. The molecule has 1 saturated heterocycles. The first-order valence-corrected chi connectivity index (χ1v) is 6.26. The second-order valence-electron chi connectivity index (χ2n) is 4.73. The molecular weight excluding hydrogens is 200 g/mol. The lowest BCUT2D eigenvalue weighted by Gasteiger charge is -2.14. The summed E-state index contributed by atoms with van der Waals surface area (Å²) in [6.07, 6.45) is 5.32. The first-order valence-electron chi connectivity index (χ1n) is 6.26. The van der Waals surface area contributed by atoms with Crippen LogP contribution in [0.4, 0.5) is 0 Å². The molecule has 0 unspecified atom stereocenters. The third-order valence-electron chi connectivity index (χ3n) is 3.63. The number of ether oxygens (including phenoxy) is 2. The molecule has 1 aliphatic heterocycles. The smallest absolute Gasteiger partial charge is 0.184 e. The predicted octanol–water partition coefficient (Wildman–Crippen LogP) is 3.39. The molecule has 2 fully saturated rings. The van der Waals surface area contributed by atoms with Gasteiger partial charge in [-0.15, -0.1) is 0 Å². The average Bonchev–Trinajstić information content (AvgIpc) is 3.03. The van der Waals surface area contributed by atoms with E-state index >= 15 is 0 Å².